The summed E-state index contributed by atoms with van der Waals surface area (Å²) in [5, 5.41) is 6.57. The highest BCUT2D eigenvalue weighted by atomic mass is 16.5. The average molecular weight is 312 g/mol. The summed E-state index contributed by atoms with van der Waals surface area (Å²) in [5.74, 6) is 1.54. The first-order valence-corrected chi connectivity index (χ1v) is 7.87. The molecule has 0 amide bonds. The molecule has 0 radical (unpaired) electrons. The highest BCUT2D eigenvalue weighted by Crippen LogP contribution is 2.08. The number of aliphatic imine (C=N–C) groups is 1. The molecule has 5 heteroatoms. The summed E-state index contributed by atoms with van der Waals surface area (Å²) in [6, 6.07) is 12.2. The zero-order valence-electron chi connectivity index (χ0n) is 13.7. The van der Waals surface area contributed by atoms with Gasteiger partial charge in [0.25, 0.3) is 0 Å². The van der Waals surface area contributed by atoms with Gasteiger partial charge in [0.2, 0.25) is 0 Å². The Balaban J connectivity index is 1.73. The fourth-order valence-electron chi connectivity index (χ4n) is 2.25. The van der Waals surface area contributed by atoms with Crippen LogP contribution in [0.1, 0.15) is 18.1 Å². The average Bonchev–Trinajstić information content (AvgIpc) is 2.62. The molecule has 122 valence electrons. The van der Waals surface area contributed by atoms with Crippen LogP contribution in [0.3, 0.4) is 0 Å². The molecule has 1 aromatic heterocycles. The minimum atomic E-state index is 0.554. The standard InChI is InChI=1S/C18H24N4O/c1-3-15-7-4-5-8-16(15)13-22-18(19-2)21-11-12-23-17-9-6-10-20-14-17/h4-10,14H,3,11-13H2,1-2H3,(H2,19,21,22). The molecule has 23 heavy (non-hydrogen) atoms. The highest BCUT2D eigenvalue weighted by Gasteiger charge is 2.02. The van der Waals surface area contributed by atoms with Crippen molar-refractivity contribution in [3.63, 3.8) is 0 Å². The number of nitrogens with one attached hydrogen (secondary N) is 2. The normalized spacial score (nSPS) is 11.1. The second-order valence-electron chi connectivity index (χ2n) is 5.01. The van der Waals surface area contributed by atoms with Crippen LogP contribution in [0.4, 0.5) is 0 Å². The molecule has 0 bridgehead atoms. The molecule has 0 spiro atoms. The second-order valence-corrected chi connectivity index (χ2v) is 5.01. The molecule has 0 aliphatic carbocycles. The van der Waals surface area contributed by atoms with Gasteiger partial charge in [0.05, 0.1) is 12.7 Å². The first-order chi connectivity index (χ1) is 11.3. The van der Waals surface area contributed by atoms with Gasteiger partial charge in [-0.1, -0.05) is 31.2 Å². The summed E-state index contributed by atoms with van der Waals surface area (Å²) in [4.78, 5) is 8.24. The van der Waals surface area contributed by atoms with E-state index in [2.05, 4.69) is 51.8 Å². The van der Waals surface area contributed by atoms with E-state index in [-0.39, 0.29) is 0 Å². The van der Waals surface area contributed by atoms with E-state index in [9.17, 15) is 0 Å². The number of aromatic nitrogens is 1. The number of hydrogen-bond acceptors (Lipinski definition) is 3. The van der Waals surface area contributed by atoms with Gasteiger partial charge < -0.3 is 15.4 Å². The largest absolute Gasteiger partial charge is 0.490 e. The van der Waals surface area contributed by atoms with Gasteiger partial charge in [0, 0.05) is 19.8 Å². The molecule has 0 unspecified atom stereocenters. The van der Waals surface area contributed by atoms with E-state index in [1.807, 2.05) is 12.1 Å². The predicted octanol–water partition coefficient (Wildman–Crippen LogP) is 2.39. The van der Waals surface area contributed by atoms with Crippen LogP contribution in [0.25, 0.3) is 0 Å². The Bertz CT molecular complexity index is 613. The SMILES string of the molecule is CCc1ccccc1CNC(=NC)NCCOc1cccnc1. The zero-order chi connectivity index (χ0) is 16.3. The lowest BCUT2D eigenvalue weighted by atomic mass is 10.1. The fourth-order valence-corrected chi connectivity index (χ4v) is 2.25. The summed E-state index contributed by atoms with van der Waals surface area (Å²) in [5.41, 5.74) is 2.65. The Morgan fingerprint density at radius 1 is 1.13 bits per heavy atom. The summed E-state index contributed by atoms with van der Waals surface area (Å²) in [7, 11) is 1.77. The van der Waals surface area contributed by atoms with Crippen molar-refractivity contribution in [2.75, 3.05) is 20.2 Å². The number of pyridine rings is 1. The van der Waals surface area contributed by atoms with Crippen LogP contribution in [0, 0.1) is 0 Å². The van der Waals surface area contributed by atoms with Gasteiger partial charge in [-0.3, -0.25) is 9.98 Å². The van der Waals surface area contributed by atoms with Gasteiger partial charge in [0.1, 0.15) is 12.4 Å². The van der Waals surface area contributed by atoms with Crippen molar-refractivity contribution in [2.24, 2.45) is 4.99 Å². The van der Waals surface area contributed by atoms with Crippen molar-refractivity contribution >= 4 is 5.96 Å². The fraction of sp³-hybridized carbons (Fsp3) is 0.333. The first kappa shape index (κ1) is 16.8. The number of nitrogens with zero attached hydrogens (tertiary/aromatic N) is 2. The molecule has 5 nitrogen and oxygen atoms in total. The summed E-state index contributed by atoms with van der Waals surface area (Å²) in [6.45, 7) is 4.15. The van der Waals surface area contributed by atoms with E-state index in [0.29, 0.717) is 13.2 Å². The lowest BCUT2D eigenvalue weighted by molar-refractivity contribution is 0.320. The van der Waals surface area contributed by atoms with Crippen molar-refractivity contribution in [1.82, 2.24) is 15.6 Å². The van der Waals surface area contributed by atoms with E-state index < -0.39 is 0 Å². The maximum Gasteiger partial charge on any atom is 0.191 e. The molecule has 1 aromatic carbocycles. The first-order valence-electron chi connectivity index (χ1n) is 7.87. The predicted molar refractivity (Wildman–Crippen MR) is 93.8 cm³/mol. The van der Waals surface area contributed by atoms with E-state index >= 15 is 0 Å². The van der Waals surface area contributed by atoms with E-state index in [0.717, 1.165) is 24.7 Å². The molecule has 2 aromatic rings. The van der Waals surface area contributed by atoms with E-state index in [4.69, 9.17) is 4.74 Å². The quantitative estimate of drug-likeness (QED) is 0.468. The van der Waals surface area contributed by atoms with Crippen LogP contribution in [-0.2, 0) is 13.0 Å². The van der Waals surface area contributed by atoms with Crippen LogP contribution in [0.5, 0.6) is 5.75 Å². The smallest absolute Gasteiger partial charge is 0.191 e. The third-order valence-corrected chi connectivity index (χ3v) is 3.47. The highest BCUT2D eigenvalue weighted by molar-refractivity contribution is 5.79. The molecule has 0 saturated heterocycles. The van der Waals surface area contributed by atoms with Gasteiger partial charge in [-0.25, -0.2) is 0 Å². The summed E-state index contributed by atoms with van der Waals surface area (Å²) in [6.07, 6.45) is 4.46. The lowest BCUT2D eigenvalue weighted by Crippen LogP contribution is -2.39. The number of guanidine groups is 1. The Labute approximate surface area is 137 Å². The van der Waals surface area contributed by atoms with E-state index in [1.54, 1.807) is 19.4 Å². The Kier molecular flexibility index (Phi) is 6.91. The third-order valence-electron chi connectivity index (χ3n) is 3.47. The zero-order valence-corrected chi connectivity index (χ0v) is 13.7. The van der Waals surface area contributed by atoms with Gasteiger partial charge in [-0.2, -0.15) is 0 Å². The molecule has 2 rings (SSSR count). The monoisotopic (exact) mass is 312 g/mol. The second kappa shape index (κ2) is 9.46. The number of ether oxygens (including phenoxy) is 1. The van der Waals surface area contributed by atoms with Crippen molar-refractivity contribution < 1.29 is 4.74 Å². The minimum Gasteiger partial charge on any atom is -0.490 e. The molecule has 0 atom stereocenters. The van der Waals surface area contributed by atoms with Crippen molar-refractivity contribution in [3.05, 3.63) is 59.9 Å². The number of hydrogen-bond donors (Lipinski definition) is 2. The molecular weight excluding hydrogens is 288 g/mol. The number of aryl methyl sites for hydroxylation is 1. The molecule has 0 aliphatic heterocycles. The van der Waals surface area contributed by atoms with E-state index in [1.165, 1.54) is 11.1 Å². The maximum atomic E-state index is 5.59. The van der Waals surface area contributed by atoms with Crippen LogP contribution in [-0.4, -0.2) is 31.1 Å². The third kappa shape index (κ3) is 5.62. The molecule has 1 heterocycles. The minimum absolute atomic E-state index is 0.554. The Morgan fingerprint density at radius 3 is 2.65 bits per heavy atom. The van der Waals surface area contributed by atoms with Crippen LogP contribution in [0.2, 0.25) is 0 Å². The Hall–Kier alpha value is -2.56. The number of rotatable bonds is 7. The maximum absolute atomic E-state index is 5.59. The summed E-state index contributed by atoms with van der Waals surface area (Å²) < 4.78 is 5.59. The van der Waals surface area contributed by atoms with Crippen molar-refractivity contribution in [3.8, 4) is 5.75 Å². The van der Waals surface area contributed by atoms with Crippen LogP contribution < -0.4 is 15.4 Å². The van der Waals surface area contributed by atoms with Gasteiger partial charge in [0.15, 0.2) is 5.96 Å². The van der Waals surface area contributed by atoms with Crippen molar-refractivity contribution in [1.29, 1.82) is 0 Å². The van der Waals surface area contributed by atoms with Gasteiger partial charge in [-0.15, -0.1) is 0 Å². The molecule has 0 aliphatic rings. The van der Waals surface area contributed by atoms with Crippen LogP contribution in [0.15, 0.2) is 53.8 Å². The summed E-state index contributed by atoms with van der Waals surface area (Å²) >= 11 is 0. The molecular formula is C18H24N4O. The van der Waals surface area contributed by atoms with Gasteiger partial charge in [-0.05, 0) is 29.7 Å². The topological polar surface area (TPSA) is 58.5 Å². The van der Waals surface area contributed by atoms with Crippen molar-refractivity contribution in [2.45, 2.75) is 19.9 Å². The Morgan fingerprint density at radius 2 is 1.96 bits per heavy atom. The number of benzene rings is 1. The molecule has 0 fully saturated rings. The molecule has 2 N–H and O–H groups in total. The van der Waals surface area contributed by atoms with Gasteiger partial charge >= 0.3 is 0 Å². The van der Waals surface area contributed by atoms with Crippen LogP contribution >= 0.6 is 0 Å². The molecule has 0 saturated carbocycles. The lowest BCUT2D eigenvalue weighted by Gasteiger charge is -2.14.